The summed E-state index contributed by atoms with van der Waals surface area (Å²) in [5.74, 6) is 0. The average molecular weight is 450 g/mol. The van der Waals surface area contributed by atoms with Crippen LogP contribution in [0.2, 0.25) is 14.8 Å². The fourth-order valence-corrected chi connectivity index (χ4v) is 8.18. The van der Waals surface area contributed by atoms with Gasteiger partial charge in [0.2, 0.25) is 0 Å². The van der Waals surface area contributed by atoms with Crippen molar-refractivity contribution in [2.24, 2.45) is 0 Å². The zero-order valence-electron chi connectivity index (χ0n) is 14.5. The molecule has 0 spiro atoms. The number of hydrogen-bond acceptors (Lipinski definition) is 4. The molecule has 7 heteroatoms. The van der Waals surface area contributed by atoms with Gasteiger partial charge in [0.25, 0.3) is 0 Å². The van der Waals surface area contributed by atoms with E-state index in [4.69, 9.17) is 0 Å². The molecule has 0 unspecified atom stereocenters. The Morgan fingerprint density at radius 1 is 1.04 bits per heavy atom. The minimum absolute atomic E-state index is 0.268. The molecule has 0 N–H and O–H groups in total. The number of benzene rings is 1. The monoisotopic (exact) mass is 451 g/mol. The fraction of sp³-hybridized carbons (Fsp3) is 0.294. The predicted molar refractivity (Wildman–Crippen MR) is 99.0 cm³/mol. The van der Waals surface area contributed by atoms with Gasteiger partial charge in [-0.2, -0.15) is 0 Å². The summed E-state index contributed by atoms with van der Waals surface area (Å²) in [4.78, 5) is 16.0. The van der Waals surface area contributed by atoms with Crippen molar-refractivity contribution in [1.29, 1.82) is 0 Å². The van der Waals surface area contributed by atoms with Gasteiger partial charge in [0.1, 0.15) is 0 Å². The molecule has 3 rings (SSSR count). The molecule has 1 aromatic carbocycles. The second-order valence-corrected chi connectivity index (χ2v) is 23.3. The van der Waals surface area contributed by atoms with Crippen LogP contribution < -0.4 is 3.58 Å². The summed E-state index contributed by atoms with van der Waals surface area (Å²) in [6.45, 7) is 3.75. The summed E-state index contributed by atoms with van der Waals surface area (Å²) < 4.78 is 28.6. The summed E-state index contributed by atoms with van der Waals surface area (Å²) in [6, 6.07) is 6.89. The van der Waals surface area contributed by atoms with E-state index in [1.165, 1.54) is 3.97 Å². The average Bonchev–Trinajstić information content (AvgIpc) is 2.87. The first-order valence-corrected chi connectivity index (χ1v) is 19.2. The van der Waals surface area contributed by atoms with E-state index in [2.05, 4.69) is 24.8 Å². The molecule has 2 aromatic heterocycles. The molecule has 0 atom stereocenters. The van der Waals surface area contributed by atoms with Crippen molar-refractivity contribution in [3.05, 3.63) is 47.9 Å². The maximum absolute atomic E-state index is 13.1. The number of rotatable bonds is 3. The Morgan fingerprint density at radius 2 is 1.67 bits per heavy atom. The maximum atomic E-state index is 13.1. The standard InChI is InChI=1S/C14H12N3O2S.3CH3.Sn/c1-10-3-5-12(6-4-10)20(18,19)17-8-7-13-14(17)16-11(2)9-15-13;;;;/h3-6,8-9H,1-2H3;3*1H3;. The van der Waals surface area contributed by atoms with Crippen molar-refractivity contribution < 1.29 is 8.42 Å². The van der Waals surface area contributed by atoms with Crippen molar-refractivity contribution in [2.75, 3.05) is 0 Å². The van der Waals surface area contributed by atoms with E-state index < -0.39 is 28.4 Å². The molecule has 0 fully saturated rings. The second-order valence-electron chi connectivity index (χ2n) is 7.09. The third-order valence-electron chi connectivity index (χ3n) is 3.97. The quantitative estimate of drug-likeness (QED) is 0.576. The molecule has 0 saturated carbocycles. The minimum atomic E-state index is -3.69. The molecule has 0 aliphatic carbocycles. The van der Waals surface area contributed by atoms with E-state index in [-0.39, 0.29) is 4.90 Å². The molecule has 0 radical (unpaired) electrons. The molecule has 0 aliphatic heterocycles. The van der Waals surface area contributed by atoms with Gasteiger partial charge in [-0.25, -0.2) is 0 Å². The van der Waals surface area contributed by atoms with Crippen LogP contribution in [-0.4, -0.2) is 40.7 Å². The van der Waals surface area contributed by atoms with Crippen molar-refractivity contribution in [2.45, 2.75) is 33.6 Å². The van der Waals surface area contributed by atoms with Crippen molar-refractivity contribution in [3.8, 4) is 0 Å². The van der Waals surface area contributed by atoms with Gasteiger partial charge < -0.3 is 0 Å². The summed E-state index contributed by atoms with van der Waals surface area (Å²) in [7, 11) is -3.69. The molecule has 0 saturated heterocycles. The Balaban J connectivity index is 2.33. The number of fused-ring (bicyclic) bond motifs is 1. The Bertz CT molecular complexity index is 1020. The van der Waals surface area contributed by atoms with Gasteiger partial charge in [-0.3, -0.25) is 0 Å². The van der Waals surface area contributed by atoms with Gasteiger partial charge in [-0.1, -0.05) is 0 Å². The van der Waals surface area contributed by atoms with Crippen LogP contribution in [0.15, 0.2) is 41.6 Å². The summed E-state index contributed by atoms with van der Waals surface area (Å²) in [5, 5.41) is 0. The van der Waals surface area contributed by atoms with E-state index >= 15 is 0 Å². The molecule has 5 nitrogen and oxygen atoms in total. The molecule has 3 aromatic rings. The molecule has 0 bridgehead atoms. The van der Waals surface area contributed by atoms with Crippen LogP contribution in [0.25, 0.3) is 11.2 Å². The zero-order chi connectivity index (χ0) is 17.7. The summed E-state index contributed by atoms with van der Waals surface area (Å²) in [6.07, 6.45) is 3.45. The van der Waals surface area contributed by atoms with E-state index in [1.54, 1.807) is 36.7 Å². The van der Waals surface area contributed by atoms with Crippen LogP contribution >= 0.6 is 0 Å². The first-order valence-electron chi connectivity index (χ1n) is 7.78. The van der Waals surface area contributed by atoms with Crippen LogP contribution in [0.1, 0.15) is 11.3 Å². The van der Waals surface area contributed by atoms with Gasteiger partial charge in [-0.05, 0) is 0 Å². The third kappa shape index (κ3) is 2.97. The molecular weight excluding hydrogens is 429 g/mol. The predicted octanol–water partition coefficient (Wildman–Crippen LogP) is 2.83. The molecule has 2 heterocycles. The van der Waals surface area contributed by atoms with Crippen LogP contribution in [-0.2, 0) is 10.0 Å². The van der Waals surface area contributed by atoms with Crippen molar-refractivity contribution >= 4 is 43.1 Å². The van der Waals surface area contributed by atoms with Gasteiger partial charge >= 0.3 is 147 Å². The number of aryl methyl sites for hydroxylation is 2. The van der Waals surface area contributed by atoms with E-state index in [0.29, 0.717) is 11.3 Å². The van der Waals surface area contributed by atoms with E-state index in [1.807, 2.05) is 13.8 Å². The van der Waals surface area contributed by atoms with Crippen LogP contribution in [0.3, 0.4) is 0 Å². The van der Waals surface area contributed by atoms with Crippen LogP contribution in [0.4, 0.5) is 0 Å². The van der Waals surface area contributed by atoms with E-state index in [9.17, 15) is 8.42 Å². The van der Waals surface area contributed by atoms with E-state index in [0.717, 1.165) is 14.7 Å². The Hall–Kier alpha value is -1.41. The molecule has 0 amide bonds. The Labute approximate surface area is 146 Å². The Morgan fingerprint density at radius 3 is 2.25 bits per heavy atom. The third-order valence-corrected chi connectivity index (χ3v) is 11.3. The molecular formula is C17H21N3O2SSn. The molecule has 0 aliphatic rings. The number of hydrogen-bond donors (Lipinski definition) is 0. The van der Waals surface area contributed by atoms with Crippen molar-refractivity contribution in [3.63, 3.8) is 0 Å². The summed E-state index contributed by atoms with van der Waals surface area (Å²) in [5.41, 5.74) is 2.88. The fourth-order valence-electron chi connectivity index (χ4n) is 2.60. The summed E-state index contributed by atoms with van der Waals surface area (Å²) >= 11 is -2.55. The zero-order valence-corrected chi connectivity index (χ0v) is 18.2. The van der Waals surface area contributed by atoms with Gasteiger partial charge in [0, 0.05) is 0 Å². The Kier molecular flexibility index (Phi) is 4.24. The van der Waals surface area contributed by atoms with Gasteiger partial charge in [-0.15, -0.1) is 0 Å². The normalized spacial score (nSPS) is 12.7. The van der Waals surface area contributed by atoms with Crippen molar-refractivity contribution in [1.82, 2.24) is 13.9 Å². The first kappa shape index (κ1) is 17.4. The number of nitrogens with zero attached hydrogens (tertiary/aromatic N) is 3. The SMILES string of the molecule is Cc1ccc(S(=O)(=O)n2c[c]([Sn]([CH3])([CH3])[CH3])c3ncc(C)nc32)cc1. The van der Waals surface area contributed by atoms with Gasteiger partial charge in [0.15, 0.2) is 0 Å². The molecule has 126 valence electrons. The molecule has 24 heavy (non-hydrogen) atoms. The first-order chi connectivity index (χ1) is 11.1. The van der Waals surface area contributed by atoms with Crippen LogP contribution in [0.5, 0.6) is 0 Å². The number of aromatic nitrogens is 3. The van der Waals surface area contributed by atoms with Crippen LogP contribution in [0, 0.1) is 13.8 Å². The second kappa shape index (κ2) is 5.84. The van der Waals surface area contributed by atoms with Gasteiger partial charge in [0.05, 0.1) is 0 Å². The topological polar surface area (TPSA) is 64.8 Å².